The molecular formula is C26H42O2. The van der Waals surface area contributed by atoms with Crippen LogP contribution in [0.25, 0.3) is 0 Å². The van der Waals surface area contributed by atoms with Gasteiger partial charge in [0, 0.05) is 0 Å². The summed E-state index contributed by atoms with van der Waals surface area (Å²) in [6.07, 6.45) is 12.9. The molecule has 0 N–H and O–H groups in total. The van der Waals surface area contributed by atoms with Gasteiger partial charge in [0.2, 0.25) is 0 Å². The normalized spacial score (nSPS) is 49.9. The molecule has 28 heavy (non-hydrogen) atoms. The smallest absolute Gasteiger partial charge is 0.313 e. The van der Waals surface area contributed by atoms with Gasteiger partial charge in [-0.15, -0.1) is 0 Å². The number of methoxy groups -OCH3 is 1. The molecule has 4 aliphatic carbocycles. The summed E-state index contributed by atoms with van der Waals surface area (Å²) in [5.74, 6) is 2.17. The Morgan fingerprint density at radius 2 is 1.50 bits per heavy atom. The van der Waals surface area contributed by atoms with Crippen LogP contribution in [-0.2, 0) is 9.53 Å². The average Bonchev–Trinajstić information content (AvgIpc) is 2.59. The molecule has 2 nitrogen and oxygen atoms in total. The van der Waals surface area contributed by atoms with Crippen LogP contribution in [0.3, 0.4) is 0 Å². The number of allylic oxidation sites excluding steroid dienone is 1. The molecule has 4 aliphatic rings. The molecule has 0 unspecified atom stereocenters. The molecule has 158 valence electrons. The van der Waals surface area contributed by atoms with Gasteiger partial charge in [0.1, 0.15) is 0 Å². The van der Waals surface area contributed by atoms with Crippen LogP contribution in [0.5, 0.6) is 0 Å². The summed E-state index contributed by atoms with van der Waals surface area (Å²) >= 11 is 0. The van der Waals surface area contributed by atoms with Gasteiger partial charge in [-0.3, -0.25) is 4.79 Å². The molecule has 3 saturated carbocycles. The molecule has 0 saturated heterocycles. The minimum absolute atomic E-state index is 0.0123. The van der Waals surface area contributed by atoms with Gasteiger partial charge in [-0.1, -0.05) is 52.7 Å². The second-order valence-corrected chi connectivity index (χ2v) is 12.2. The molecule has 4 rings (SSSR count). The lowest BCUT2D eigenvalue weighted by atomic mass is 9.35. The highest BCUT2D eigenvalue weighted by Gasteiger charge is 2.66. The highest BCUT2D eigenvalue weighted by atomic mass is 16.5. The molecule has 0 aromatic carbocycles. The molecule has 0 spiro atoms. The SMILES string of the molecule is COC(=O)[C@@H]1C(C)=CC[C@H]2[C@]3(C)CC[C@H]4C(C)(C)CCC[C@]4(C)[C@H]3CC[C@]12C. The van der Waals surface area contributed by atoms with Gasteiger partial charge in [-0.2, -0.15) is 0 Å². The van der Waals surface area contributed by atoms with Crippen molar-refractivity contribution in [2.24, 2.45) is 45.3 Å². The number of rotatable bonds is 1. The van der Waals surface area contributed by atoms with Crippen molar-refractivity contribution in [1.29, 1.82) is 0 Å². The summed E-state index contributed by atoms with van der Waals surface area (Å²) in [5.41, 5.74) is 2.57. The zero-order valence-electron chi connectivity index (χ0n) is 19.4. The van der Waals surface area contributed by atoms with Crippen LogP contribution in [0.4, 0.5) is 0 Å². The van der Waals surface area contributed by atoms with Gasteiger partial charge in [0.05, 0.1) is 13.0 Å². The fourth-order valence-corrected chi connectivity index (χ4v) is 9.54. The average molecular weight is 387 g/mol. The van der Waals surface area contributed by atoms with E-state index in [1.54, 1.807) is 7.11 Å². The number of esters is 1. The molecule has 0 aromatic heterocycles. The first-order chi connectivity index (χ1) is 13.0. The van der Waals surface area contributed by atoms with Crippen molar-refractivity contribution in [3.8, 4) is 0 Å². The van der Waals surface area contributed by atoms with Crippen molar-refractivity contribution in [2.75, 3.05) is 7.11 Å². The predicted molar refractivity (Wildman–Crippen MR) is 115 cm³/mol. The van der Waals surface area contributed by atoms with Crippen LogP contribution in [0.15, 0.2) is 11.6 Å². The number of hydrogen-bond donors (Lipinski definition) is 0. The molecule has 0 heterocycles. The van der Waals surface area contributed by atoms with Crippen LogP contribution >= 0.6 is 0 Å². The number of ether oxygens (including phenoxy) is 1. The summed E-state index contributed by atoms with van der Waals surface area (Å²) < 4.78 is 5.30. The Hall–Kier alpha value is -0.790. The van der Waals surface area contributed by atoms with Gasteiger partial charge in [-0.25, -0.2) is 0 Å². The molecular weight excluding hydrogens is 344 g/mol. The zero-order chi connectivity index (χ0) is 20.5. The minimum Gasteiger partial charge on any atom is -0.469 e. The first-order valence-electron chi connectivity index (χ1n) is 11.8. The van der Waals surface area contributed by atoms with Crippen LogP contribution in [0, 0.1) is 45.3 Å². The van der Waals surface area contributed by atoms with E-state index < -0.39 is 0 Å². The fourth-order valence-electron chi connectivity index (χ4n) is 9.54. The Balaban J connectivity index is 1.75. The third kappa shape index (κ3) is 2.54. The van der Waals surface area contributed by atoms with Gasteiger partial charge >= 0.3 is 5.97 Å². The summed E-state index contributed by atoms with van der Waals surface area (Å²) in [5, 5.41) is 0. The van der Waals surface area contributed by atoms with Crippen LogP contribution in [0.1, 0.15) is 92.9 Å². The maximum absolute atomic E-state index is 12.8. The second-order valence-electron chi connectivity index (χ2n) is 12.2. The van der Waals surface area contributed by atoms with Crippen molar-refractivity contribution in [2.45, 2.75) is 92.9 Å². The van der Waals surface area contributed by atoms with E-state index in [1.807, 2.05) is 0 Å². The molecule has 0 amide bonds. The van der Waals surface area contributed by atoms with Crippen molar-refractivity contribution in [1.82, 2.24) is 0 Å². The third-order valence-electron chi connectivity index (χ3n) is 10.6. The quantitative estimate of drug-likeness (QED) is 0.366. The van der Waals surface area contributed by atoms with Gasteiger partial charge < -0.3 is 4.74 Å². The monoisotopic (exact) mass is 386 g/mol. The fraction of sp³-hybridized carbons (Fsp3) is 0.885. The number of carbonyl (C=O) groups is 1. The van der Waals surface area contributed by atoms with Crippen LogP contribution in [-0.4, -0.2) is 13.1 Å². The highest BCUT2D eigenvalue weighted by molar-refractivity contribution is 5.77. The van der Waals surface area contributed by atoms with Crippen molar-refractivity contribution in [3.63, 3.8) is 0 Å². The maximum atomic E-state index is 12.8. The highest BCUT2D eigenvalue weighted by Crippen LogP contribution is 2.73. The maximum Gasteiger partial charge on any atom is 0.313 e. The molecule has 0 aliphatic heterocycles. The summed E-state index contributed by atoms with van der Waals surface area (Å²) in [7, 11) is 1.56. The third-order valence-corrected chi connectivity index (χ3v) is 10.6. The molecule has 3 fully saturated rings. The van der Waals surface area contributed by atoms with Gasteiger partial charge in [-0.05, 0) is 91.3 Å². The minimum atomic E-state index is -0.0534. The lowest BCUT2D eigenvalue weighted by molar-refractivity contribution is -0.203. The molecule has 0 aromatic rings. The van der Waals surface area contributed by atoms with Crippen LogP contribution in [0.2, 0.25) is 0 Å². The van der Waals surface area contributed by atoms with Crippen molar-refractivity contribution in [3.05, 3.63) is 11.6 Å². The zero-order valence-corrected chi connectivity index (χ0v) is 19.4. The summed E-state index contributed by atoms with van der Waals surface area (Å²) in [6, 6.07) is 0. The van der Waals surface area contributed by atoms with Gasteiger partial charge in [0.15, 0.2) is 0 Å². The summed E-state index contributed by atoms with van der Waals surface area (Å²) in [6.45, 7) is 14.9. The van der Waals surface area contributed by atoms with E-state index in [9.17, 15) is 4.79 Å². The largest absolute Gasteiger partial charge is 0.469 e. The summed E-state index contributed by atoms with van der Waals surface area (Å²) in [4.78, 5) is 12.8. The standard InChI is InChI=1S/C26H42O2/c1-17-9-10-19-25(5)15-11-18-23(2,3)13-8-14-24(18,4)20(25)12-16-26(19,6)21(17)22(27)28-7/h9,18-21H,8,10-16H2,1-7H3/t18-,19-,20+,21-,24-,25-,26-/m0/s1. The van der Waals surface area contributed by atoms with E-state index in [2.05, 4.69) is 47.6 Å². The topological polar surface area (TPSA) is 26.3 Å². The van der Waals surface area contributed by atoms with Crippen molar-refractivity contribution >= 4 is 5.97 Å². The lowest BCUT2D eigenvalue weighted by Gasteiger charge is -2.69. The number of carbonyl (C=O) groups excluding carboxylic acids is 1. The molecule has 0 bridgehead atoms. The Bertz CT molecular complexity index is 691. The van der Waals surface area contributed by atoms with E-state index in [1.165, 1.54) is 50.5 Å². The van der Waals surface area contributed by atoms with Crippen LogP contribution < -0.4 is 0 Å². The Labute approximate surface area is 172 Å². The molecule has 2 heteroatoms. The molecule has 7 atom stereocenters. The van der Waals surface area contributed by atoms with Gasteiger partial charge in [0.25, 0.3) is 0 Å². The lowest BCUT2D eigenvalue weighted by Crippen LogP contribution is -2.63. The van der Waals surface area contributed by atoms with E-state index >= 15 is 0 Å². The van der Waals surface area contributed by atoms with E-state index in [-0.39, 0.29) is 17.3 Å². The number of fused-ring (bicyclic) bond motifs is 5. The van der Waals surface area contributed by atoms with E-state index in [0.29, 0.717) is 22.2 Å². The first kappa shape index (κ1) is 20.5. The Kier molecular flexibility index (Phi) is 4.65. The number of hydrogen-bond acceptors (Lipinski definition) is 2. The Morgan fingerprint density at radius 1 is 0.893 bits per heavy atom. The predicted octanol–water partition coefficient (Wildman–Crippen LogP) is 6.79. The van der Waals surface area contributed by atoms with E-state index in [0.717, 1.165) is 18.3 Å². The molecule has 0 radical (unpaired) electrons. The first-order valence-corrected chi connectivity index (χ1v) is 11.8. The Morgan fingerprint density at radius 3 is 2.18 bits per heavy atom. The second kappa shape index (κ2) is 6.35. The van der Waals surface area contributed by atoms with E-state index in [4.69, 9.17) is 4.74 Å². The van der Waals surface area contributed by atoms with Crippen molar-refractivity contribution < 1.29 is 9.53 Å².